The molecule has 0 atom stereocenters. The zero-order valence-corrected chi connectivity index (χ0v) is 11.0. The van der Waals surface area contributed by atoms with Crippen molar-refractivity contribution in [3.05, 3.63) is 47.6 Å². The summed E-state index contributed by atoms with van der Waals surface area (Å²) in [4.78, 5) is 6.58. The van der Waals surface area contributed by atoms with Crippen molar-refractivity contribution in [1.29, 1.82) is 0 Å². The monoisotopic (exact) mass is 245 g/mol. The van der Waals surface area contributed by atoms with Crippen LogP contribution in [0.4, 0.5) is 0 Å². The molecule has 0 amide bonds. The van der Waals surface area contributed by atoms with Gasteiger partial charge in [0.1, 0.15) is 0 Å². The Kier molecular flexibility index (Phi) is 4.47. The van der Waals surface area contributed by atoms with Crippen LogP contribution in [-0.4, -0.2) is 21.6 Å². The molecule has 0 saturated heterocycles. The first-order chi connectivity index (χ1) is 8.78. The summed E-state index contributed by atoms with van der Waals surface area (Å²) >= 11 is 0. The van der Waals surface area contributed by atoms with Crippen molar-refractivity contribution in [3.8, 4) is 0 Å². The first-order valence-electron chi connectivity index (χ1n) is 6.33. The van der Waals surface area contributed by atoms with Gasteiger partial charge in [0.2, 0.25) is 5.89 Å². The third-order valence-electron chi connectivity index (χ3n) is 2.72. The molecule has 4 nitrogen and oxygen atoms in total. The van der Waals surface area contributed by atoms with Gasteiger partial charge in [-0.25, -0.2) is 0 Å². The highest BCUT2D eigenvalue weighted by Gasteiger charge is 2.10. The lowest BCUT2D eigenvalue weighted by Crippen LogP contribution is -2.23. The summed E-state index contributed by atoms with van der Waals surface area (Å²) in [5.41, 5.74) is 1.31. The molecule has 0 spiro atoms. The van der Waals surface area contributed by atoms with Gasteiger partial charge >= 0.3 is 0 Å². The van der Waals surface area contributed by atoms with Crippen molar-refractivity contribution in [2.45, 2.75) is 33.4 Å². The van der Waals surface area contributed by atoms with Gasteiger partial charge in [-0.2, -0.15) is 4.98 Å². The lowest BCUT2D eigenvalue weighted by molar-refractivity contribution is 0.219. The Labute approximate surface area is 108 Å². The molecule has 4 heteroatoms. The normalized spacial score (nSPS) is 11.1. The Balaban J connectivity index is 1.99. The molecule has 18 heavy (non-hydrogen) atoms. The average Bonchev–Trinajstić information content (AvgIpc) is 2.76. The number of hydrogen-bond acceptors (Lipinski definition) is 4. The average molecular weight is 245 g/mol. The van der Waals surface area contributed by atoms with E-state index < -0.39 is 0 Å². The summed E-state index contributed by atoms with van der Waals surface area (Å²) in [5.74, 6) is 1.39. The van der Waals surface area contributed by atoms with Gasteiger partial charge in [-0.1, -0.05) is 42.4 Å². The first-order valence-corrected chi connectivity index (χ1v) is 6.33. The Hall–Kier alpha value is -1.68. The molecule has 1 aromatic carbocycles. The topological polar surface area (TPSA) is 42.2 Å². The third kappa shape index (κ3) is 3.67. The zero-order valence-electron chi connectivity index (χ0n) is 11.0. The zero-order chi connectivity index (χ0) is 12.8. The Morgan fingerprint density at radius 1 is 1.17 bits per heavy atom. The third-order valence-corrected chi connectivity index (χ3v) is 2.72. The summed E-state index contributed by atoms with van der Waals surface area (Å²) < 4.78 is 5.18. The number of hydrogen-bond donors (Lipinski definition) is 0. The maximum atomic E-state index is 5.18. The summed E-state index contributed by atoms with van der Waals surface area (Å²) in [5, 5.41) is 3.82. The predicted molar refractivity (Wildman–Crippen MR) is 69.9 cm³/mol. The predicted octanol–water partition coefficient (Wildman–Crippen LogP) is 2.79. The van der Waals surface area contributed by atoms with E-state index in [1.807, 2.05) is 13.0 Å². The molecule has 0 radical (unpaired) electrons. The van der Waals surface area contributed by atoms with Gasteiger partial charge in [0.25, 0.3) is 0 Å². The number of benzene rings is 1. The van der Waals surface area contributed by atoms with Gasteiger partial charge < -0.3 is 4.52 Å². The minimum Gasteiger partial charge on any atom is -0.338 e. The molecule has 0 aliphatic heterocycles. The van der Waals surface area contributed by atoms with E-state index in [-0.39, 0.29) is 0 Å². The second-order valence-electron chi connectivity index (χ2n) is 4.43. The van der Waals surface area contributed by atoms with Crippen LogP contribution in [0.1, 0.15) is 30.6 Å². The lowest BCUT2D eigenvalue weighted by atomic mass is 10.2. The van der Waals surface area contributed by atoms with Crippen LogP contribution < -0.4 is 0 Å². The van der Waals surface area contributed by atoms with E-state index in [9.17, 15) is 0 Å². The first kappa shape index (κ1) is 12.8. The molecule has 0 unspecified atom stereocenters. The number of aromatic nitrogens is 2. The van der Waals surface area contributed by atoms with E-state index in [1.165, 1.54) is 5.56 Å². The van der Waals surface area contributed by atoms with Crippen molar-refractivity contribution >= 4 is 0 Å². The van der Waals surface area contributed by atoms with Gasteiger partial charge in [-0.05, 0) is 25.5 Å². The molecule has 1 aromatic heterocycles. The van der Waals surface area contributed by atoms with Gasteiger partial charge in [-0.3, -0.25) is 4.90 Å². The minimum atomic E-state index is 0.692. The van der Waals surface area contributed by atoms with Crippen LogP contribution in [0.25, 0.3) is 0 Å². The molecule has 2 rings (SSSR count). The standard InChI is InChI=1S/C14H19N3O/c1-3-9-17(10-13-7-5-4-6-8-13)11-14-15-12(2)16-18-14/h4-8H,3,9-11H2,1-2H3. The van der Waals surface area contributed by atoms with Gasteiger partial charge in [0, 0.05) is 6.54 Å². The largest absolute Gasteiger partial charge is 0.338 e. The maximum Gasteiger partial charge on any atom is 0.240 e. The highest BCUT2D eigenvalue weighted by molar-refractivity contribution is 5.14. The van der Waals surface area contributed by atoms with E-state index in [0.717, 1.165) is 19.5 Å². The van der Waals surface area contributed by atoms with Gasteiger partial charge in [0.15, 0.2) is 5.82 Å². The highest BCUT2D eigenvalue weighted by Crippen LogP contribution is 2.09. The van der Waals surface area contributed by atoms with E-state index in [4.69, 9.17) is 4.52 Å². The summed E-state index contributed by atoms with van der Waals surface area (Å²) in [6, 6.07) is 10.4. The molecular formula is C14H19N3O. The number of aryl methyl sites for hydroxylation is 1. The van der Waals surface area contributed by atoms with Crippen molar-refractivity contribution in [3.63, 3.8) is 0 Å². The van der Waals surface area contributed by atoms with E-state index in [1.54, 1.807) is 0 Å². The van der Waals surface area contributed by atoms with Crippen LogP contribution in [0.5, 0.6) is 0 Å². The van der Waals surface area contributed by atoms with Crippen LogP contribution in [0.15, 0.2) is 34.9 Å². The Morgan fingerprint density at radius 2 is 1.94 bits per heavy atom. The molecule has 1 heterocycles. The molecule has 2 aromatic rings. The summed E-state index contributed by atoms with van der Waals surface area (Å²) in [7, 11) is 0. The quantitative estimate of drug-likeness (QED) is 0.784. The molecule has 0 aliphatic carbocycles. The van der Waals surface area contributed by atoms with E-state index in [2.05, 4.69) is 46.2 Å². The SMILES string of the molecule is CCCN(Cc1ccccc1)Cc1nc(C)no1. The Morgan fingerprint density at radius 3 is 2.56 bits per heavy atom. The molecule has 0 fully saturated rings. The van der Waals surface area contributed by atoms with Crippen LogP contribution >= 0.6 is 0 Å². The molecule has 0 N–H and O–H groups in total. The van der Waals surface area contributed by atoms with E-state index in [0.29, 0.717) is 18.3 Å². The smallest absolute Gasteiger partial charge is 0.240 e. The van der Waals surface area contributed by atoms with Crippen molar-refractivity contribution in [2.75, 3.05) is 6.54 Å². The summed E-state index contributed by atoms with van der Waals surface area (Å²) in [6.45, 7) is 6.67. The Bertz CT molecular complexity index is 467. The van der Waals surface area contributed by atoms with E-state index >= 15 is 0 Å². The van der Waals surface area contributed by atoms with Gasteiger partial charge in [0.05, 0.1) is 6.54 Å². The van der Waals surface area contributed by atoms with Crippen LogP contribution in [0.2, 0.25) is 0 Å². The molecule has 0 bridgehead atoms. The fraction of sp³-hybridized carbons (Fsp3) is 0.429. The van der Waals surface area contributed by atoms with Crippen LogP contribution in [0, 0.1) is 6.92 Å². The molecular weight excluding hydrogens is 226 g/mol. The van der Waals surface area contributed by atoms with Crippen molar-refractivity contribution < 1.29 is 4.52 Å². The molecule has 96 valence electrons. The van der Waals surface area contributed by atoms with Crippen molar-refractivity contribution in [1.82, 2.24) is 15.0 Å². The number of nitrogens with zero attached hydrogens (tertiary/aromatic N) is 3. The van der Waals surface area contributed by atoms with Gasteiger partial charge in [-0.15, -0.1) is 0 Å². The van der Waals surface area contributed by atoms with Crippen molar-refractivity contribution in [2.24, 2.45) is 0 Å². The van der Waals surface area contributed by atoms with Crippen LogP contribution in [0.3, 0.4) is 0 Å². The second-order valence-corrected chi connectivity index (χ2v) is 4.43. The highest BCUT2D eigenvalue weighted by atomic mass is 16.5. The van der Waals surface area contributed by atoms with Crippen LogP contribution in [-0.2, 0) is 13.1 Å². The maximum absolute atomic E-state index is 5.18. The minimum absolute atomic E-state index is 0.692. The fourth-order valence-corrected chi connectivity index (χ4v) is 1.97. The lowest BCUT2D eigenvalue weighted by Gasteiger charge is -2.19. The second kappa shape index (κ2) is 6.31. The number of rotatable bonds is 6. The fourth-order valence-electron chi connectivity index (χ4n) is 1.97. The molecule has 0 saturated carbocycles. The molecule has 0 aliphatic rings. The summed E-state index contributed by atoms with van der Waals surface area (Å²) in [6.07, 6.45) is 1.11.